The molecule has 1 aromatic carbocycles. The molecule has 9 heteroatoms. The number of hydrogen-bond donors (Lipinski definition) is 1. The van der Waals surface area contributed by atoms with Gasteiger partial charge in [0.2, 0.25) is 10.0 Å². The predicted octanol–water partition coefficient (Wildman–Crippen LogP) is 3.35. The maximum absolute atomic E-state index is 12.7. The van der Waals surface area contributed by atoms with Gasteiger partial charge in [-0.1, -0.05) is 6.42 Å². The number of carbonyl (C=O) groups excluding carboxylic acids is 1. The lowest BCUT2D eigenvalue weighted by Crippen LogP contribution is -2.35. The first-order chi connectivity index (χ1) is 15.0. The number of aromatic nitrogens is 2. The lowest BCUT2D eigenvalue weighted by atomic mass is 10.2. The number of nitrogens with one attached hydrogen (secondary N) is 1. The summed E-state index contributed by atoms with van der Waals surface area (Å²) in [5.41, 5.74) is 2.32. The van der Waals surface area contributed by atoms with Gasteiger partial charge in [-0.3, -0.25) is 9.78 Å². The van der Waals surface area contributed by atoms with Crippen molar-refractivity contribution in [3.63, 3.8) is 0 Å². The van der Waals surface area contributed by atoms with Crippen LogP contribution in [0.25, 0.3) is 10.6 Å². The number of rotatable bonds is 7. The van der Waals surface area contributed by atoms with E-state index in [4.69, 9.17) is 0 Å². The Kier molecular flexibility index (Phi) is 6.74. The molecule has 0 atom stereocenters. The summed E-state index contributed by atoms with van der Waals surface area (Å²) < 4.78 is 27.0. The second-order valence-corrected chi connectivity index (χ2v) is 10.2. The van der Waals surface area contributed by atoms with Crippen LogP contribution in [0, 0.1) is 0 Å². The number of piperidine rings is 1. The topological polar surface area (TPSA) is 92.3 Å². The van der Waals surface area contributed by atoms with Gasteiger partial charge in [0.05, 0.1) is 10.6 Å². The summed E-state index contributed by atoms with van der Waals surface area (Å²) in [7, 11) is -3.49. The van der Waals surface area contributed by atoms with E-state index in [1.54, 1.807) is 35.9 Å². The van der Waals surface area contributed by atoms with Gasteiger partial charge in [-0.05, 0) is 49.2 Å². The third kappa shape index (κ3) is 5.17. The van der Waals surface area contributed by atoms with Crippen LogP contribution >= 0.6 is 11.3 Å². The first-order valence-electron chi connectivity index (χ1n) is 10.3. The van der Waals surface area contributed by atoms with Crippen LogP contribution in [0.15, 0.2) is 59.1 Å². The molecule has 1 aliphatic heterocycles. The van der Waals surface area contributed by atoms with Gasteiger partial charge < -0.3 is 5.32 Å². The number of sulfonamides is 1. The molecule has 7 nitrogen and oxygen atoms in total. The fourth-order valence-corrected chi connectivity index (χ4v) is 5.84. The van der Waals surface area contributed by atoms with Crippen LogP contribution in [0.4, 0.5) is 0 Å². The van der Waals surface area contributed by atoms with E-state index in [0.29, 0.717) is 31.6 Å². The summed E-state index contributed by atoms with van der Waals surface area (Å²) in [4.78, 5) is 21.4. The molecule has 0 unspecified atom stereocenters. The minimum Gasteiger partial charge on any atom is -0.352 e. The molecule has 1 amide bonds. The summed E-state index contributed by atoms with van der Waals surface area (Å²) in [5.74, 6) is -0.232. The molecular weight excluding hydrogens is 432 g/mol. The van der Waals surface area contributed by atoms with Gasteiger partial charge in [0.15, 0.2) is 0 Å². The van der Waals surface area contributed by atoms with Crippen molar-refractivity contribution in [1.82, 2.24) is 19.6 Å². The predicted molar refractivity (Wildman–Crippen MR) is 120 cm³/mol. The van der Waals surface area contributed by atoms with Gasteiger partial charge in [-0.2, -0.15) is 4.31 Å². The molecule has 4 rings (SSSR count). The fourth-order valence-electron chi connectivity index (χ4n) is 3.48. The smallest absolute Gasteiger partial charge is 0.251 e. The third-order valence-electron chi connectivity index (χ3n) is 5.20. The Bertz CT molecular complexity index is 1120. The molecule has 31 heavy (non-hydrogen) atoms. The molecule has 162 valence electrons. The van der Waals surface area contributed by atoms with E-state index in [2.05, 4.69) is 15.3 Å². The Labute approximate surface area is 186 Å². The zero-order valence-electron chi connectivity index (χ0n) is 17.0. The highest BCUT2D eigenvalue weighted by molar-refractivity contribution is 7.89. The van der Waals surface area contributed by atoms with Crippen LogP contribution in [0.3, 0.4) is 0 Å². The maximum Gasteiger partial charge on any atom is 0.251 e. The lowest BCUT2D eigenvalue weighted by molar-refractivity contribution is 0.0954. The Hall–Kier alpha value is -2.62. The van der Waals surface area contributed by atoms with Crippen LogP contribution in [-0.2, 0) is 16.4 Å². The van der Waals surface area contributed by atoms with Crippen LogP contribution < -0.4 is 5.32 Å². The average molecular weight is 457 g/mol. The van der Waals surface area contributed by atoms with E-state index in [9.17, 15) is 13.2 Å². The zero-order valence-corrected chi connectivity index (χ0v) is 18.7. The number of benzene rings is 1. The molecule has 0 saturated carbocycles. The number of pyridine rings is 1. The second-order valence-electron chi connectivity index (χ2n) is 7.38. The summed E-state index contributed by atoms with van der Waals surface area (Å²) in [6, 6.07) is 10.00. The van der Waals surface area contributed by atoms with Crippen LogP contribution in [0.2, 0.25) is 0 Å². The molecule has 1 N–H and O–H groups in total. The van der Waals surface area contributed by atoms with Gasteiger partial charge >= 0.3 is 0 Å². The van der Waals surface area contributed by atoms with Crippen molar-refractivity contribution in [1.29, 1.82) is 0 Å². The molecule has 0 aliphatic carbocycles. The van der Waals surface area contributed by atoms with E-state index < -0.39 is 10.0 Å². The van der Waals surface area contributed by atoms with E-state index >= 15 is 0 Å². The van der Waals surface area contributed by atoms with Gasteiger partial charge in [0.25, 0.3) is 5.91 Å². The SMILES string of the molecule is O=C(NCCc1csc(-c2cccnc2)n1)c1ccc(S(=O)(=O)N2CCCCC2)cc1. The third-order valence-corrected chi connectivity index (χ3v) is 8.05. The molecule has 0 spiro atoms. The molecule has 1 aliphatic rings. The maximum atomic E-state index is 12.7. The van der Waals surface area contributed by atoms with Crippen molar-refractivity contribution in [2.45, 2.75) is 30.6 Å². The Morgan fingerprint density at radius 2 is 1.87 bits per heavy atom. The Balaban J connectivity index is 1.31. The quantitative estimate of drug-likeness (QED) is 0.589. The van der Waals surface area contributed by atoms with Gasteiger partial charge in [0.1, 0.15) is 5.01 Å². The van der Waals surface area contributed by atoms with Crippen molar-refractivity contribution in [3.8, 4) is 10.6 Å². The highest BCUT2D eigenvalue weighted by Crippen LogP contribution is 2.23. The number of carbonyl (C=O) groups is 1. The monoisotopic (exact) mass is 456 g/mol. The minimum atomic E-state index is -3.49. The van der Waals surface area contributed by atoms with Crippen molar-refractivity contribution >= 4 is 27.3 Å². The molecule has 0 bridgehead atoms. The standard InChI is InChI=1S/C22H24N4O3S2/c27-21(24-12-10-19-16-30-22(25-19)18-5-4-11-23-15-18)17-6-8-20(9-7-17)31(28,29)26-13-2-1-3-14-26/h4-9,11,15-16H,1-3,10,12-14H2,(H,24,27). The van der Waals surface area contributed by atoms with Crippen molar-refractivity contribution in [2.24, 2.45) is 0 Å². The largest absolute Gasteiger partial charge is 0.352 e. The van der Waals surface area contributed by atoms with Crippen LogP contribution in [-0.4, -0.2) is 48.2 Å². The van der Waals surface area contributed by atoms with Gasteiger partial charge in [0, 0.05) is 55.0 Å². The fraction of sp³-hybridized carbons (Fsp3) is 0.318. The first-order valence-corrected chi connectivity index (χ1v) is 12.6. The van der Waals surface area contributed by atoms with E-state index in [-0.39, 0.29) is 10.8 Å². The molecule has 3 heterocycles. The summed E-state index contributed by atoms with van der Waals surface area (Å²) in [6.45, 7) is 1.57. The number of thiazole rings is 1. The van der Waals surface area contributed by atoms with Crippen molar-refractivity contribution in [3.05, 3.63) is 65.4 Å². The lowest BCUT2D eigenvalue weighted by Gasteiger charge is -2.25. The van der Waals surface area contributed by atoms with Crippen molar-refractivity contribution in [2.75, 3.05) is 19.6 Å². The van der Waals surface area contributed by atoms with Crippen molar-refractivity contribution < 1.29 is 13.2 Å². The number of hydrogen-bond acceptors (Lipinski definition) is 6. The summed E-state index contributed by atoms with van der Waals surface area (Å²) in [5, 5.41) is 5.76. The highest BCUT2D eigenvalue weighted by Gasteiger charge is 2.25. The molecule has 1 saturated heterocycles. The Morgan fingerprint density at radius 1 is 1.10 bits per heavy atom. The summed E-state index contributed by atoms with van der Waals surface area (Å²) >= 11 is 1.55. The summed E-state index contributed by atoms with van der Waals surface area (Å²) in [6.07, 6.45) is 6.97. The van der Waals surface area contributed by atoms with Crippen LogP contribution in [0.5, 0.6) is 0 Å². The normalized spacial score (nSPS) is 15.0. The van der Waals surface area contributed by atoms with E-state index in [1.165, 1.54) is 16.4 Å². The highest BCUT2D eigenvalue weighted by atomic mass is 32.2. The molecule has 1 fully saturated rings. The zero-order chi connectivity index (χ0) is 21.7. The van der Waals surface area contributed by atoms with Gasteiger partial charge in [-0.25, -0.2) is 13.4 Å². The van der Waals surface area contributed by atoms with Crippen LogP contribution in [0.1, 0.15) is 35.3 Å². The molecule has 2 aromatic heterocycles. The molecular formula is C22H24N4O3S2. The average Bonchev–Trinajstić information content (AvgIpc) is 3.29. The molecule has 0 radical (unpaired) electrons. The second kappa shape index (κ2) is 9.67. The molecule has 3 aromatic rings. The number of nitrogens with zero attached hydrogens (tertiary/aromatic N) is 3. The minimum absolute atomic E-state index is 0.232. The number of amides is 1. The van der Waals surface area contributed by atoms with Gasteiger partial charge in [-0.15, -0.1) is 11.3 Å². The first kappa shape index (κ1) is 21.6. The van der Waals surface area contributed by atoms with E-state index in [0.717, 1.165) is 35.5 Å². The Morgan fingerprint density at radius 3 is 2.58 bits per heavy atom. The van der Waals surface area contributed by atoms with E-state index in [1.807, 2.05) is 17.5 Å².